The van der Waals surface area contributed by atoms with Gasteiger partial charge in [-0.05, 0) is 43.9 Å². The number of aliphatic imine (C=N–C) groups is 1. The Kier molecular flexibility index (Phi) is 10.2. The lowest BCUT2D eigenvalue weighted by atomic mass is 9.76. The van der Waals surface area contributed by atoms with Crippen molar-refractivity contribution in [3.8, 4) is 0 Å². The highest BCUT2D eigenvalue weighted by molar-refractivity contribution is 6.27. The predicted octanol–water partition coefficient (Wildman–Crippen LogP) is 3.06. The molecule has 0 heterocycles. The number of rotatable bonds is 8. The van der Waals surface area contributed by atoms with E-state index in [2.05, 4.69) is 49.8 Å². The first-order chi connectivity index (χ1) is 13.1. The van der Waals surface area contributed by atoms with Gasteiger partial charge in [0.05, 0.1) is 12.7 Å². The van der Waals surface area contributed by atoms with Crippen LogP contribution in [0.4, 0.5) is 0 Å². The van der Waals surface area contributed by atoms with Crippen molar-refractivity contribution < 1.29 is 14.6 Å². The molecule has 2 N–H and O–H groups in total. The molecule has 1 fully saturated rings. The van der Waals surface area contributed by atoms with Gasteiger partial charge in [-0.1, -0.05) is 27.7 Å². The number of amidine groups is 1. The number of nitrogens with one attached hydrogen (secondary N) is 1. The van der Waals surface area contributed by atoms with E-state index in [-0.39, 0.29) is 29.9 Å². The molecule has 1 saturated carbocycles. The summed E-state index contributed by atoms with van der Waals surface area (Å²) in [6, 6.07) is -0.0670. The van der Waals surface area contributed by atoms with Gasteiger partial charge in [0.15, 0.2) is 0 Å². The summed E-state index contributed by atoms with van der Waals surface area (Å²) in [5.74, 6) is 0.666. The number of aliphatic hydroxyl groups is 1. The normalized spacial score (nSPS) is 24.4. The van der Waals surface area contributed by atoms with Gasteiger partial charge in [-0.25, -0.2) is 0 Å². The molecule has 7 heteroatoms. The van der Waals surface area contributed by atoms with E-state index >= 15 is 0 Å². The van der Waals surface area contributed by atoms with Crippen LogP contribution in [0.25, 0.3) is 0 Å². The molecule has 0 spiro atoms. The van der Waals surface area contributed by atoms with Gasteiger partial charge in [0.25, 0.3) is 0 Å². The van der Waals surface area contributed by atoms with Gasteiger partial charge in [-0.15, -0.1) is 11.6 Å². The van der Waals surface area contributed by atoms with Gasteiger partial charge < -0.3 is 20.1 Å². The molecule has 0 aromatic carbocycles. The summed E-state index contributed by atoms with van der Waals surface area (Å²) in [6.07, 6.45) is 4.31. The molecule has 1 rings (SSSR count). The van der Waals surface area contributed by atoms with Crippen LogP contribution >= 0.6 is 11.6 Å². The third kappa shape index (κ3) is 6.60. The lowest BCUT2D eigenvalue weighted by Gasteiger charge is -2.48. The maximum atomic E-state index is 11.9. The highest BCUT2D eigenvalue weighted by atomic mass is 35.5. The number of hydrogen-bond acceptors (Lipinski definition) is 4. The molecule has 0 bridgehead atoms. The van der Waals surface area contributed by atoms with Crippen molar-refractivity contribution in [2.45, 2.75) is 84.5 Å². The van der Waals surface area contributed by atoms with E-state index in [1.807, 2.05) is 0 Å². The SMILES string of the molecule is C/N=C(/[C@@H](CO)NC(=O)CCl)N([C@H]1CC[C@H](OC)CC1)[C@@H](C)C(C)C(C)(C)C. The molecule has 0 saturated heterocycles. The van der Waals surface area contributed by atoms with Gasteiger partial charge >= 0.3 is 0 Å². The van der Waals surface area contributed by atoms with E-state index in [0.717, 1.165) is 31.5 Å². The van der Waals surface area contributed by atoms with Crippen molar-refractivity contribution in [3.63, 3.8) is 0 Å². The van der Waals surface area contributed by atoms with E-state index in [1.54, 1.807) is 14.2 Å². The molecule has 3 atom stereocenters. The quantitative estimate of drug-likeness (QED) is 0.361. The van der Waals surface area contributed by atoms with Crippen LogP contribution in [0.15, 0.2) is 4.99 Å². The number of methoxy groups -OCH3 is 1. The van der Waals surface area contributed by atoms with Crippen LogP contribution < -0.4 is 5.32 Å². The van der Waals surface area contributed by atoms with Crippen molar-refractivity contribution >= 4 is 23.3 Å². The number of ether oxygens (including phenoxy) is 1. The summed E-state index contributed by atoms with van der Waals surface area (Å²) < 4.78 is 5.54. The predicted molar refractivity (Wildman–Crippen MR) is 116 cm³/mol. The van der Waals surface area contributed by atoms with Crippen molar-refractivity contribution in [1.82, 2.24) is 10.2 Å². The Hall–Kier alpha value is -0.850. The van der Waals surface area contributed by atoms with E-state index in [9.17, 15) is 9.90 Å². The summed E-state index contributed by atoms with van der Waals surface area (Å²) in [4.78, 5) is 18.8. The number of halogens is 1. The van der Waals surface area contributed by atoms with E-state index in [1.165, 1.54) is 0 Å². The molecule has 6 nitrogen and oxygen atoms in total. The van der Waals surface area contributed by atoms with Crippen LogP contribution in [0.2, 0.25) is 0 Å². The summed E-state index contributed by atoms with van der Waals surface area (Å²) in [5, 5.41) is 12.8. The minimum atomic E-state index is -0.564. The monoisotopic (exact) mass is 417 g/mol. The molecule has 1 aliphatic carbocycles. The van der Waals surface area contributed by atoms with Crippen molar-refractivity contribution in [2.75, 3.05) is 26.6 Å². The number of nitrogens with zero attached hydrogens (tertiary/aromatic N) is 2. The van der Waals surface area contributed by atoms with Gasteiger partial charge in [0, 0.05) is 26.2 Å². The second-order valence-electron chi connectivity index (χ2n) is 8.99. The lowest BCUT2D eigenvalue weighted by Crippen LogP contribution is -2.59. The first-order valence-corrected chi connectivity index (χ1v) is 10.9. The number of carbonyl (C=O) groups excluding carboxylic acids is 1. The van der Waals surface area contributed by atoms with Crippen LogP contribution in [-0.2, 0) is 9.53 Å². The van der Waals surface area contributed by atoms with E-state index in [4.69, 9.17) is 16.3 Å². The maximum absolute atomic E-state index is 11.9. The lowest BCUT2D eigenvalue weighted by molar-refractivity contribution is -0.119. The highest BCUT2D eigenvalue weighted by Crippen LogP contribution is 2.35. The molecule has 0 aromatic heterocycles. The largest absolute Gasteiger partial charge is 0.394 e. The molecular weight excluding hydrogens is 378 g/mol. The number of hydrogen-bond donors (Lipinski definition) is 2. The van der Waals surface area contributed by atoms with Crippen LogP contribution in [-0.4, -0.2) is 72.6 Å². The minimum Gasteiger partial charge on any atom is -0.394 e. The average Bonchev–Trinajstić information content (AvgIpc) is 2.68. The number of amides is 1. The average molecular weight is 418 g/mol. The third-order valence-electron chi connectivity index (χ3n) is 6.34. The van der Waals surface area contributed by atoms with Crippen LogP contribution in [0.1, 0.15) is 60.3 Å². The first-order valence-electron chi connectivity index (χ1n) is 10.3. The zero-order valence-corrected chi connectivity index (χ0v) is 19.4. The van der Waals surface area contributed by atoms with Gasteiger partial charge in [-0.2, -0.15) is 0 Å². The standard InChI is InChI=1S/C21H40ClN3O3/c1-14(21(3,4)5)15(2)25(16-8-10-17(28-7)11-9-16)20(23-6)18(13-26)24-19(27)12-22/h14-18,26H,8-13H2,1-7H3,(H,24,27)/b23-20-/t14?,15-,16-,17-,18+/m0/s1. The second-order valence-corrected chi connectivity index (χ2v) is 9.25. The zero-order chi connectivity index (χ0) is 21.5. The Balaban J connectivity index is 3.21. The molecule has 1 unspecified atom stereocenters. The molecule has 164 valence electrons. The second kappa shape index (κ2) is 11.4. The summed E-state index contributed by atoms with van der Waals surface area (Å²) in [5.41, 5.74) is 0.119. The zero-order valence-electron chi connectivity index (χ0n) is 18.7. The number of aliphatic hydroxyl groups excluding tert-OH is 1. The Morgan fingerprint density at radius 2 is 1.86 bits per heavy atom. The van der Waals surface area contributed by atoms with E-state index in [0.29, 0.717) is 18.1 Å². The molecular formula is C21H40ClN3O3. The fourth-order valence-electron chi connectivity index (χ4n) is 4.13. The van der Waals surface area contributed by atoms with Crippen molar-refractivity contribution in [2.24, 2.45) is 16.3 Å². The van der Waals surface area contributed by atoms with E-state index < -0.39 is 6.04 Å². The third-order valence-corrected chi connectivity index (χ3v) is 6.59. The summed E-state index contributed by atoms with van der Waals surface area (Å²) >= 11 is 5.67. The molecule has 0 aliphatic heterocycles. The van der Waals surface area contributed by atoms with Gasteiger partial charge in [-0.3, -0.25) is 9.79 Å². The topological polar surface area (TPSA) is 74.2 Å². The highest BCUT2D eigenvalue weighted by Gasteiger charge is 2.38. The first kappa shape index (κ1) is 25.2. The molecule has 0 aromatic rings. The van der Waals surface area contributed by atoms with Crippen LogP contribution in [0, 0.1) is 11.3 Å². The van der Waals surface area contributed by atoms with Crippen molar-refractivity contribution in [3.05, 3.63) is 0 Å². The fraction of sp³-hybridized carbons (Fsp3) is 0.905. The Morgan fingerprint density at radius 3 is 2.25 bits per heavy atom. The number of alkyl halides is 1. The Labute approximate surface area is 176 Å². The minimum absolute atomic E-state index is 0.119. The Bertz CT molecular complexity index is 514. The fourth-order valence-corrected chi connectivity index (χ4v) is 4.20. The van der Waals surface area contributed by atoms with Crippen LogP contribution in [0.5, 0.6) is 0 Å². The molecule has 0 radical (unpaired) electrons. The molecule has 28 heavy (non-hydrogen) atoms. The summed E-state index contributed by atoms with van der Waals surface area (Å²) in [6.45, 7) is 11.0. The number of carbonyl (C=O) groups is 1. The summed E-state index contributed by atoms with van der Waals surface area (Å²) in [7, 11) is 3.50. The van der Waals surface area contributed by atoms with Gasteiger partial charge in [0.2, 0.25) is 5.91 Å². The van der Waals surface area contributed by atoms with Crippen molar-refractivity contribution in [1.29, 1.82) is 0 Å². The smallest absolute Gasteiger partial charge is 0.235 e. The Morgan fingerprint density at radius 1 is 1.29 bits per heavy atom. The molecule has 1 amide bonds. The van der Waals surface area contributed by atoms with Crippen LogP contribution in [0.3, 0.4) is 0 Å². The molecule has 1 aliphatic rings. The van der Waals surface area contributed by atoms with Gasteiger partial charge in [0.1, 0.15) is 17.8 Å². The maximum Gasteiger partial charge on any atom is 0.235 e.